The Labute approximate surface area is 138 Å². The van der Waals surface area contributed by atoms with Crippen LogP contribution in [0.5, 0.6) is 5.75 Å². The van der Waals surface area contributed by atoms with Gasteiger partial charge in [-0.3, -0.25) is 0 Å². The Morgan fingerprint density at radius 3 is 2.42 bits per heavy atom. The van der Waals surface area contributed by atoms with E-state index in [9.17, 15) is 4.79 Å². The molecule has 0 unspecified atom stereocenters. The molecule has 5 heteroatoms. The van der Waals surface area contributed by atoms with Gasteiger partial charge in [0.1, 0.15) is 5.52 Å². The molecule has 0 amide bonds. The second-order valence-corrected chi connectivity index (χ2v) is 5.32. The van der Waals surface area contributed by atoms with Gasteiger partial charge in [0.05, 0.1) is 19.7 Å². The van der Waals surface area contributed by atoms with E-state index in [1.165, 1.54) is 14.2 Å². The zero-order valence-corrected chi connectivity index (χ0v) is 13.3. The minimum atomic E-state index is -0.563. The molecule has 2 aromatic heterocycles. The molecular weight excluding hydrogens is 306 g/mol. The number of nitrogens with zero attached hydrogens (tertiary/aromatic N) is 1. The lowest BCUT2D eigenvalue weighted by Crippen LogP contribution is -2.02. The van der Waals surface area contributed by atoms with Crippen LogP contribution in [0.2, 0.25) is 0 Å². The smallest absolute Gasteiger partial charge is 0.378 e. The average molecular weight is 321 g/mol. The predicted octanol–water partition coefficient (Wildman–Crippen LogP) is 4.17. The van der Waals surface area contributed by atoms with Crippen molar-refractivity contribution in [1.82, 2.24) is 4.57 Å². The fourth-order valence-electron chi connectivity index (χ4n) is 3.04. The van der Waals surface area contributed by atoms with E-state index in [-0.39, 0.29) is 5.76 Å². The summed E-state index contributed by atoms with van der Waals surface area (Å²) in [6, 6.07) is 17.7. The van der Waals surface area contributed by atoms with E-state index in [1.807, 2.05) is 59.2 Å². The summed E-state index contributed by atoms with van der Waals surface area (Å²) in [6.07, 6.45) is 0. The predicted molar refractivity (Wildman–Crippen MR) is 90.9 cm³/mol. The van der Waals surface area contributed by atoms with Crippen LogP contribution in [0.4, 0.5) is 0 Å². The Morgan fingerprint density at radius 2 is 1.71 bits per heavy atom. The number of carbonyl (C=O) groups excluding carboxylic acids is 1. The zero-order valence-electron chi connectivity index (χ0n) is 13.3. The third kappa shape index (κ3) is 1.91. The number of carbonyl (C=O) groups is 1. The van der Waals surface area contributed by atoms with Crippen LogP contribution in [-0.4, -0.2) is 24.8 Å². The zero-order chi connectivity index (χ0) is 16.7. The maximum Gasteiger partial charge on any atom is 0.378 e. The molecule has 2 aromatic carbocycles. The Bertz CT molecular complexity index is 1040. The van der Waals surface area contributed by atoms with Crippen molar-refractivity contribution in [1.29, 1.82) is 0 Å². The number of rotatable bonds is 3. The summed E-state index contributed by atoms with van der Waals surface area (Å²) in [5, 5.41) is 0.907. The lowest BCUT2D eigenvalue weighted by molar-refractivity contribution is 0.0563. The van der Waals surface area contributed by atoms with Crippen molar-refractivity contribution in [2.75, 3.05) is 14.2 Å². The third-order valence-electron chi connectivity index (χ3n) is 4.04. The molecule has 0 bridgehead atoms. The van der Waals surface area contributed by atoms with E-state index in [0.717, 1.165) is 16.6 Å². The molecule has 0 fully saturated rings. The minimum absolute atomic E-state index is 0.0698. The maximum atomic E-state index is 12.0. The topological polar surface area (TPSA) is 53.6 Å². The third-order valence-corrected chi connectivity index (χ3v) is 4.04. The molecule has 24 heavy (non-hydrogen) atoms. The molecule has 0 atom stereocenters. The van der Waals surface area contributed by atoms with Crippen molar-refractivity contribution in [3.05, 3.63) is 60.4 Å². The fraction of sp³-hybridized carbons (Fsp3) is 0.105. The van der Waals surface area contributed by atoms with Gasteiger partial charge in [-0.25, -0.2) is 4.79 Å². The van der Waals surface area contributed by atoms with Crippen LogP contribution in [0.25, 0.3) is 27.7 Å². The Kier molecular flexibility index (Phi) is 3.27. The van der Waals surface area contributed by atoms with Crippen LogP contribution in [0, 0.1) is 0 Å². The number of esters is 1. The van der Waals surface area contributed by atoms with Gasteiger partial charge in [0.15, 0.2) is 11.3 Å². The molecule has 0 spiro atoms. The quantitative estimate of drug-likeness (QED) is 0.531. The van der Waals surface area contributed by atoms with Crippen molar-refractivity contribution >= 4 is 28.0 Å². The summed E-state index contributed by atoms with van der Waals surface area (Å²) in [5.41, 5.74) is 3.25. The van der Waals surface area contributed by atoms with Crippen molar-refractivity contribution < 1.29 is 18.7 Å². The Morgan fingerprint density at radius 1 is 1.00 bits per heavy atom. The molecule has 4 aromatic rings. The SMILES string of the molecule is COC(=O)c1oc2c3ccccc3n(-c3ccccc3)c2c1OC. The van der Waals surface area contributed by atoms with Crippen LogP contribution < -0.4 is 4.74 Å². The second-order valence-electron chi connectivity index (χ2n) is 5.32. The number of furan rings is 1. The molecule has 0 aliphatic rings. The highest BCUT2D eigenvalue weighted by Gasteiger charge is 2.28. The van der Waals surface area contributed by atoms with Gasteiger partial charge in [-0.1, -0.05) is 30.3 Å². The molecule has 0 saturated carbocycles. The molecule has 5 nitrogen and oxygen atoms in total. The van der Waals surface area contributed by atoms with Gasteiger partial charge in [-0.15, -0.1) is 0 Å². The average Bonchev–Trinajstić information content (AvgIpc) is 3.16. The first-order chi connectivity index (χ1) is 11.8. The fourth-order valence-corrected chi connectivity index (χ4v) is 3.04. The molecular formula is C19H15NO4. The number of para-hydroxylation sites is 2. The van der Waals surface area contributed by atoms with Crippen LogP contribution in [0.1, 0.15) is 10.6 Å². The molecule has 4 rings (SSSR count). The van der Waals surface area contributed by atoms with Crippen LogP contribution in [0.3, 0.4) is 0 Å². The second kappa shape index (κ2) is 5.45. The van der Waals surface area contributed by atoms with E-state index in [2.05, 4.69) is 0 Å². The minimum Gasteiger partial charge on any atom is -0.491 e. The van der Waals surface area contributed by atoms with Crippen molar-refractivity contribution in [3.8, 4) is 11.4 Å². The van der Waals surface area contributed by atoms with Gasteiger partial charge < -0.3 is 18.5 Å². The Balaban J connectivity index is 2.19. The first-order valence-corrected chi connectivity index (χ1v) is 7.50. The van der Waals surface area contributed by atoms with Gasteiger partial charge in [0.2, 0.25) is 0 Å². The molecule has 0 N–H and O–H groups in total. The first-order valence-electron chi connectivity index (χ1n) is 7.50. The molecule has 120 valence electrons. The van der Waals surface area contributed by atoms with E-state index in [1.54, 1.807) is 0 Å². The largest absolute Gasteiger partial charge is 0.491 e. The van der Waals surface area contributed by atoms with Crippen LogP contribution >= 0.6 is 0 Å². The van der Waals surface area contributed by atoms with Crippen LogP contribution in [0.15, 0.2) is 59.0 Å². The van der Waals surface area contributed by atoms with Crippen molar-refractivity contribution in [2.24, 2.45) is 0 Å². The summed E-state index contributed by atoms with van der Waals surface area (Å²) in [4.78, 5) is 12.0. The van der Waals surface area contributed by atoms with Crippen LogP contribution in [-0.2, 0) is 4.74 Å². The van der Waals surface area contributed by atoms with E-state index >= 15 is 0 Å². The number of ether oxygens (including phenoxy) is 2. The number of hydrogen-bond donors (Lipinski definition) is 0. The number of hydrogen-bond acceptors (Lipinski definition) is 4. The van der Waals surface area contributed by atoms with Gasteiger partial charge in [-0.2, -0.15) is 0 Å². The molecule has 0 aliphatic heterocycles. The number of aromatic nitrogens is 1. The van der Waals surface area contributed by atoms with Gasteiger partial charge >= 0.3 is 5.97 Å². The molecule has 2 heterocycles. The standard InChI is InChI=1S/C19H15NO4/c1-22-17-15-16(24-18(17)19(21)23-2)13-10-6-7-11-14(13)20(15)12-8-4-3-5-9-12/h3-11H,1-2H3. The Hall–Kier alpha value is -3.21. The van der Waals surface area contributed by atoms with E-state index in [4.69, 9.17) is 13.9 Å². The monoisotopic (exact) mass is 321 g/mol. The highest BCUT2D eigenvalue weighted by Crippen LogP contribution is 2.41. The molecule has 0 radical (unpaired) electrons. The summed E-state index contributed by atoms with van der Waals surface area (Å²) in [5.74, 6) is -0.121. The summed E-state index contributed by atoms with van der Waals surface area (Å²) in [7, 11) is 2.84. The summed E-state index contributed by atoms with van der Waals surface area (Å²) >= 11 is 0. The first kappa shape index (κ1) is 14.4. The van der Waals surface area contributed by atoms with Gasteiger partial charge in [-0.05, 0) is 24.3 Å². The van der Waals surface area contributed by atoms with E-state index < -0.39 is 5.97 Å². The maximum absolute atomic E-state index is 12.0. The summed E-state index contributed by atoms with van der Waals surface area (Å²) < 4.78 is 18.2. The highest BCUT2D eigenvalue weighted by molar-refractivity contribution is 6.11. The van der Waals surface area contributed by atoms with Gasteiger partial charge in [0.25, 0.3) is 5.76 Å². The lowest BCUT2D eigenvalue weighted by Gasteiger charge is -2.08. The molecule has 0 aliphatic carbocycles. The number of fused-ring (bicyclic) bond motifs is 3. The number of benzene rings is 2. The molecule has 0 saturated heterocycles. The lowest BCUT2D eigenvalue weighted by atomic mass is 10.2. The number of methoxy groups -OCH3 is 2. The van der Waals surface area contributed by atoms with Crippen molar-refractivity contribution in [3.63, 3.8) is 0 Å². The highest BCUT2D eigenvalue weighted by atomic mass is 16.5. The normalized spacial score (nSPS) is 11.1. The summed E-state index contributed by atoms with van der Waals surface area (Å²) in [6.45, 7) is 0. The van der Waals surface area contributed by atoms with Crippen molar-refractivity contribution in [2.45, 2.75) is 0 Å². The van der Waals surface area contributed by atoms with Gasteiger partial charge in [0, 0.05) is 11.1 Å². The van der Waals surface area contributed by atoms with E-state index in [0.29, 0.717) is 16.8 Å².